The van der Waals surface area contributed by atoms with Crippen LogP contribution in [0.1, 0.15) is 43.4 Å². The van der Waals surface area contributed by atoms with E-state index < -0.39 is 17.5 Å². The van der Waals surface area contributed by atoms with Crippen molar-refractivity contribution in [2.75, 3.05) is 0 Å². The molecule has 0 spiro atoms. The van der Waals surface area contributed by atoms with Gasteiger partial charge in [0.2, 0.25) is 0 Å². The number of aromatic nitrogens is 2. The van der Waals surface area contributed by atoms with Crippen molar-refractivity contribution in [1.29, 1.82) is 0 Å². The predicted octanol–water partition coefficient (Wildman–Crippen LogP) is 7.15. The van der Waals surface area contributed by atoms with E-state index in [1.165, 1.54) is 24.3 Å². The summed E-state index contributed by atoms with van der Waals surface area (Å²) in [4.78, 5) is 0. The first kappa shape index (κ1) is 22.0. The maximum absolute atomic E-state index is 14.7. The van der Waals surface area contributed by atoms with Gasteiger partial charge in [-0.3, -0.25) is 0 Å². The Morgan fingerprint density at radius 1 is 0.844 bits per heavy atom. The molecule has 0 saturated carbocycles. The van der Waals surface area contributed by atoms with Crippen LogP contribution in [-0.2, 0) is 6.42 Å². The smallest absolute Gasteiger partial charge is 0.139 e. The zero-order valence-corrected chi connectivity index (χ0v) is 18.6. The molecule has 0 bridgehead atoms. The normalized spacial score (nSPS) is 11.9. The molecule has 1 aromatic heterocycles. The van der Waals surface area contributed by atoms with Crippen LogP contribution < -0.4 is 0 Å². The van der Waals surface area contributed by atoms with Gasteiger partial charge in [-0.15, -0.1) is 0 Å². The molecule has 0 amide bonds. The SMILES string of the molecule is CCCC(C)Cc1ccc(C#Cc2ccc(-c3cc4nsnc4cc3F)cc2F)c(F)c1. The van der Waals surface area contributed by atoms with Crippen LogP contribution in [0.2, 0.25) is 0 Å². The molecule has 4 aromatic rings. The van der Waals surface area contributed by atoms with Crippen molar-refractivity contribution in [3.63, 3.8) is 0 Å². The molecule has 1 atom stereocenters. The molecule has 6 heteroatoms. The molecule has 2 nitrogen and oxygen atoms in total. The number of halogens is 3. The van der Waals surface area contributed by atoms with E-state index in [0.29, 0.717) is 22.5 Å². The lowest BCUT2D eigenvalue weighted by Gasteiger charge is -2.10. The van der Waals surface area contributed by atoms with Crippen LogP contribution in [0, 0.1) is 35.2 Å². The molecule has 1 heterocycles. The molecule has 0 radical (unpaired) electrons. The van der Waals surface area contributed by atoms with Crippen LogP contribution in [-0.4, -0.2) is 8.75 Å². The summed E-state index contributed by atoms with van der Waals surface area (Å²) in [6.07, 6.45) is 3.01. The fourth-order valence-corrected chi connectivity index (χ4v) is 4.24. The van der Waals surface area contributed by atoms with E-state index in [-0.39, 0.29) is 16.7 Å². The largest absolute Gasteiger partial charge is 0.206 e. The second kappa shape index (κ2) is 9.54. The summed E-state index contributed by atoms with van der Waals surface area (Å²) < 4.78 is 51.7. The summed E-state index contributed by atoms with van der Waals surface area (Å²) in [6.45, 7) is 4.29. The summed E-state index contributed by atoms with van der Waals surface area (Å²) in [5, 5.41) is 0. The lowest BCUT2D eigenvalue weighted by molar-refractivity contribution is 0.520. The summed E-state index contributed by atoms with van der Waals surface area (Å²) in [5.41, 5.74) is 2.89. The van der Waals surface area contributed by atoms with Crippen molar-refractivity contribution in [2.24, 2.45) is 5.92 Å². The summed E-state index contributed by atoms with van der Waals surface area (Å²) in [6, 6.07) is 12.1. The van der Waals surface area contributed by atoms with Gasteiger partial charge in [0.1, 0.15) is 28.5 Å². The number of benzene rings is 3. The third kappa shape index (κ3) is 4.84. The third-order valence-corrected chi connectivity index (χ3v) is 5.91. The Morgan fingerprint density at radius 3 is 2.16 bits per heavy atom. The minimum Gasteiger partial charge on any atom is -0.206 e. The summed E-state index contributed by atoms with van der Waals surface area (Å²) in [5.74, 6) is 4.37. The Morgan fingerprint density at radius 2 is 1.50 bits per heavy atom. The Kier molecular flexibility index (Phi) is 6.57. The minimum atomic E-state index is -0.601. The first-order valence-electron chi connectivity index (χ1n) is 10.5. The molecule has 32 heavy (non-hydrogen) atoms. The van der Waals surface area contributed by atoms with Crippen molar-refractivity contribution < 1.29 is 13.2 Å². The molecule has 0 saturated heterocycles. The van der Waals surface area contributed by atoms with Crippen LogP contribution in [0.15, 0.2) is 48.5 Å². The van der Waals surface area contributed by atoms with E-state index in [1.807, 2.05) is 6.07 Å². The molecular formula is C26H21F3N2S. The summed E-state index contributed by atoms with van der Waals surface area (Å²) in [7, 11) is 0. The van der Waals surface area contributed by atoms with Gasteiger partial charge in [-0.1, -0.05) is 50.7 Å². The number of fused-ring (bicyclic) bond motifs is 1. The predicted molar refractivity (Wildman–Crippen MR) is 123 cm³/mol. The Balaban J connectivity index is 1.57. The van der Waals surface area contributed by atoms with E-state index in [4.69, 9.17) is 0 Å². The Bertz CT molecular complexity index is 1330. The van der Waals surface area contributed by atoms with E-state index in [0.717, 1.165) is 36.6 Å². The molecule has 0 fully saturated rings. The van der Waals surface area contributed by atoms with Crippen LogP contribution >= 0.6 is 11.7 Å². The third-order valence-electron chi connectivity index (χ3n) is 5.35. The van der Waals surface area contributed by atoms with Gasteiger partial charge in [0.05, 0.1) is 22.9 Å². The Hall–Kier alpha value is -3.17. The van der Waals surface area contributed by atoms with Crippen molar-refractivity contribution in [2.45, 2.75) is 33.1 Å². The van der Waals surface area contributed by atoms with Gasteiger partial charge in [-0.25, -0.2) is 13.2 Å². The van der Waals surface area contributed by atoms with E-state index >= 15 is 0 Å². The Labute approximate surface area is 189 Å². The quantitative estimate of drug-likeness (QED) is 0.302. The van der Waals surface area contributed by atoms with Gasteiger partial charge in [0.15, 0.2) is 0 Å². The fraction of sp³-hybridized carbons (Fsp3) is 0.231. The zero-order chi connectivity index (χ0) is 22.7. The zero-order valence-electron chi connectivity index (χ0n) is 17.8. The molecule has 4 rings (SSSR count). The standard InChI is InChI=1S/C26H21F3N2S/c1-3-4-16(2)11-17-5-6-18(22(27)12-17)7-8-19-9-10-20(13-23(19)28)21-14-25-26(15-24(21)29)31-32-30-25/h5-6,9-10,12-16H,3-4,11H2,1-2H3. The van der Waals surface area contributed by atoms with Crippen LogP contribution in [0.4, 0.5) is 13.2 Å². The second-order valence-corrected chi connectivity index (χ2v) is 8.47. The molecule has 0 N–H and O–H groups in total. The fourth-order valence-electron chi connectivity index (χ4n) is 3.73. The van der Waals surface area contributed by atoms with Gasteiger partial charge in [-0.2, -0.15) is 8.75 Å². The van der Waals surface area contributed by atoms with Crippen molar-refractivity contribution in [3.05, 3.63) is 82.7 Å². The monoisotopic (exact) mass is 450 g/mol. The molecule has 0 aliphatic carbocycles. The first-order valence-corrected chi connectivity index (χ1v) is 11.2. The maximum atomic E-state index is 14.7. The number of rotatable bonds is 5. The number of hydrogen-bond acceptors (Lipinski definition) is 3. The average molecular weight is 451 g/mol. The molecular weight excluding hydrogens is 429 g/mol. The highest BCUT2D eigenvalue weighted by Crippen LogP contribution is 2.28. The lowest BCUT2D eigenvalue weighted by Crippen LogP contribution is -2.00. The van der Waals surface area contributed by atoms with Crippen LogP contribution in [0.25, 0.3) is 22.2 Å². The van der Waals surface area contributed by atoms with Crippen LogP contribution in [0.3, 0.4) is 0 Å². The molecule has 1 unspecified atom stereocenters. The topological polar surface area (TPSA) is 25.8 Å². The number of nitrogens with zero attached hydrogens (tertiary/aromatic N) is 2. The van der Waals surface area contributed by atoms with E-state index in [9.17, 15) is 13.2 Å². The van der Waals surface area contributed by atoms with Gasteiger partial charge >= 0.3 is 0 Å². The first-order chi connectivity index (χ1) is 15.4. The maximum Gasteiger partial charge on any atom is 0.139 e. The van der Waals surface area contributed by atoms with Gasteiger partial charge in [0.25, 0.3) is 0 Å². The highest BCUT2D eigenvalue weighted by molar-refractivity contribution is 7.00. The van der Waals surface area contributed by atoms with E-state index in [1.54, 1.807) is 18.2 Å². The molecule has 162 valence electrons. The van der Waals surface area contributed by atoms with E-state index in [2.05, 4.69) is 34.4 Å². The highest BCUT2D eigenvalue weighted by atomic mass is 32.1. The molecule has 0 aliphatic heterocycles. The minimum absolute atomic E-state index is 0.116. The average Bonchev–Trinajstić information content (AvgIpc) is 3.20. The van der Waals surface area contributed by atoms with Gasteiger partial charge < -0.3 is 0 Å². The second-order valence-electron chi connectivity index (χ2n) is 7.94. The van der Waals surface area contributed by atoms with Gasteiger partial charge in [-0.05, 0) is 53.8 Å². The van der Waals surface area contributed by atoms with Crippen LogP contribution in [0.5, 0.6) is 0 Å². The van der Waals surface area contributed by atoms with Crippen molar-refractivity contribution in [3.8, 4) is 23.0 Å². The molecule has 3 aromatic carbocycles. The molecule has 0 aliphatic rings. The van der Waals surface area contributed by atoms with Gasteiger partial charge in [0, 0.05) is 11.6 Å². The lowest BCUT2D eigenvalue weighted by atomic mass is 9.96. The van der Waals surface area contributed by atoms with Crippen molar-refractivity contribution in [1.82, 2.24) is 8.75 Å². The summed E-state index contributed by atoms with van der Waals surface area (Å²) >= 11 is 0.993. The highest BCUT2D eigenvalue weighted by Gasteiger charge is 2.12. The van der Waals surface area contributed by atoms with Crippen molar-refractivity contribution >= 4 is 22.8 Å². The number of hydrogen-bond donors (Lipinski definition) is 0.